The van der Waals surface area contributed by atoms with Crippen molar-refractivity contribution in [1.29, 1.82) is 0 Å². The Morgan fingerprint density at radius 2 is 1.22 bits per heavy atom. The molecule has 23 heavy (non-hydrogen) atoms. The molecular weight excluding hydrogens is 301 g/mol. The summed E-state index contributed by atoms with van der Waals surface area (Å²) in [6.45, 7) is 2.06. The van der Waals surface area contributed by atoms with Crippen molar-refractivity contribution in [2.45, 2.75) is 6.92 Å². The molecule has 0 unspecified atom stereocenters. The molecule has 1 N–H and O–H groups in total. The molecule has 0 amide bonds. The molecule has 0 heterocycles. The van der Waals surface area contributed by atoms with Gasteiger partial charge in [0.15, 0.2) is 7.14 Å². The SMILES string of the molecule is Cc1ccc(NCP(=O)(c2ccccc2)c2ccccc2)cc1. The van der Waals surface area contributed by atoms with Gasteiger partial charge in [-0.05, 0) is 19.1 Å². The number of hydrogen-bond donors (Lipinski definition) is 1. The van der Waals surface area contributed by atoms with Crippen molar-refractivity contribution in [2.24, 2.45) is 0 Å². The lowest BCUT2D eigenvalue weighted by Crippen LogP contribution is -2.21. The molecule has 2 nitrogen and oxygen atoms in total. The smallest absolute Gasteiger partial charge is 0.161 e. The van der Waals surface area contributed by atoms with E-state index in [0.717, 1.165) is 16.3 Å². The normalized spacial score (nSPS) is 11.2. The van der Waals surface area contributed by atoms with Crippen molar-refractivity contribution in [3.05, 3.63) is 90.5 Å². The van der Waals surface area contributed by atoms with Gasteiger partial charge in [-0.25, -0.2) is 0 Å². The second-order valence-electron chi connectivity index (χ2n) is 5.61. The summed E-state index contributed by atoms with van der Waals surface area (Å²) in [5, 5.41) is 5.11. The highest BCUT2D eigenvalue weighted by Crippen LogP contribution is 2.42. The molecule has 3 aromatic rings. The molecule has 3 rings (SSSR count). The zero-order valence-corrected chi connectivity index (χ0v) is 14.0. The van der Waals surface area contributed by atoms with E-state index in [4.69, 9.17) is 0 Å². The van der Waals surface area contributed by atoms with Crippen LogP contribution in [0.5, 0.6) is 0 Å². The number of nitrogens with one attached hydrogen (secondary N) is 1. The molecular formula is C20H20NOP. The Kier molecular flexibility index (Phi) is 4.64. The molecule has 0 aliphatic rings. The van der Waals surface area contributed by atoms with Gasteiger partial charge in [0.05, 0.1) is 6.29 Å². The van der Waals surface area contributed by atoms with E-state index in [1.807, 2.05) is 72.8 Å². The molecule has 116 valence electrons. The first-order valence-corrected chi connectivity index (χ1v) is 9.58. The second-order valence-corrected chi connectivity index (χ2v) is 8.44. The molecule has 0 bridgehead atoms. The maximum atomic E-state index is 13.8. The largest absolute Gasteiger partial charge is 0.377 e. The highest BCUT2D eigenvalue weighted by atomic mass is 31.2. The molecule has 0 aliphatic heterocycles. The predicted molar refractivity (Wildman–Crippen MR) is 99.4 cm³/mol. The van der Waals surface area contributed by atoms with Gasteiger partial charge < -0.3 is 9.88 Å². The fourth-order valence-corrected chi connectivity index (χ4v) is 4.92. The zero-order chi connectivity index (χ0) is 16.1. The zero-order valence-electron chi connectivity index (χ0n) is 13.1. The Balaban J connectivity index is 1.93. The van der Waals surface area contributed by atoms with Crippen molar-refractivity contribution < 1.29 is 4.57 Å². The topological polar surface area (TPSA) is 29.1 Å². The van der Waals surface area contributed by atoms with Crippen molar-refractivity contribution in [3.8, 4) is 0 Å². The summed E-state index contributed by atoms with van der Waals surface area (Å²) in [4.78, 5) is 0. The summed E-state index contributed by atoms with van der Waals surface area (Å²) < 4.78 is 13.8. The predicted octanol–water partition coefficient (Wildman–Crippen LogP) is 4.38. The van der Waals surface area contributed by atoms with E-state index in [1.54, 1.807) is 0 Å². The number of hydrogen-bond acceptors (Lipinski definition) is 2. The Morgan fingerprint density at radius 1 is 0.739 bits per heavy atom. The van der Waals surface area contributed by atoms with E-state index < -0.39 is 7.14 Å². The quantitative estimate of drug-likeness (QED) is 0.707. The van der Waals surface area contributed by atoms with E-state index in [2.05, 4.69) is 24.4 Å². The van der Waals surface area contributed by atoms with Gasteiger partial charge in [0.2, 0.25) is 0 Å². The average molecular weight is 321 g/mol. The van der Waals surface area contributed by atoms with Crippen LogP contribution in [0.4, 0.5) is 5.69 Å². The molecule has 3 heteroatoms. The first-order chi connectivity index (χ1) is 11.2. The first kappa shape index (κ1) is 15.6. The van der Waals surface area contributed by atoms with Crippen LogP contribution in [0.25, 0.3) is 0 Å². The van der Waals surface area contributed by atoms with Gasteiger partial charge in [0.1, 0.15) is 0 Å². The van der Waals surface area contributed by atoms with Crippen molar-refractivity contribution in [2.75, 3.05) is 11.6 Å². The lowest BCUT2D eigenvalue weighted by molar-refractivity contribution is 0.588. The number of aryl methyl sites for hydroxylation is 1. The van der Waals surface area contributed by atoms with Gasteiger partial charge in [-0.2, -0.15) is 0 Å². The van der Waals surface area contributed by atoms with Gasteiger partial charge >= 0.3 is 0 Å². The molecule has 0 fully saturated rings. The van der Waals surface area contributed by atoms with E-state index in [-0.39, 0.29) is 0 Å². The minimum Gasteiger partial charge on any atom is -0.377 e. The summed E-state index contributed by atoms with van der Waals surface area (Å²) in [5.74, 6) is 0. The van der Waals surface area contributed by atoms with Crippen LogP contribution in [0.15, 0.2) is 84.9 Å². The highest BCUT2D eigenvalue weighted by molar-refractivity contribution is 7.78. The van der Waals surface area contributed by atoms with Crippen LogP contribution >= 0.6 is 7.14 Å². The molecule has 3 aromatic carbocycles. The molecule has 0 aromatic heterocycles. The van der Waals surface area contributed by atoms with E-state index in [0.29, 0.717) is 6.29 Å². The molecule has 0 spiro atoms. The fraction of sp³-hybridized carbons (Fsp3) is 0.100. The van der Waals surface area contributed by atoms with Crippen LogP contribution in [0, 0.1) is 6.92 Å². The van der Waals surface area contributed by atoms with Gasteiger partial charge in [-0.3, -0.25) is 0 Å². The average Bonchev–Trinajstić information content (AvgIpc) is 2.62. The number of benzene rings is 3. The number of rotatable bonds is 5. The third kappa shape index (κ3) is 3.55. The van der Waals surface area contributed by atoms with Crippen molar-refractivity contribution in [1.82, 2.24) is 0 Å². The Morgan fingerprint density at radius 3 is 1.70 bits per heavy atom. The lowest BCUT2D eigenvalue weighted by Gasteiger charge is -2.20. The Hall–Kier alpha value is -2.31. The molecule has 0 atom stereocenters. The number of anilines is 1. The minimum atomic E-state index is -2.71. The van der Waals surface area contributed by atoms with E-state index >= 15 is 0 Å². The van der Waals surface area contributed by atoms with Crippen LogP contribution in [-0.2, 0) is 4.57 Å². The summed E-state index contributed by atoms with van der Waals surface area (Å²) in [6, 6.07) is 27.6. The fourth-order valence-electron chi connectivity index (χ4n) is 2.54. The summed E-state index contributed by atoms with van der Waals surface area (Å²) in [5.41, 5.74) is 2.20. The van der Waals surface area contributed by atoms with Crippen LogP contribution in [0.3, 0.4) is 0 Å². The van der Waals surface area contributed by atoms with E-state index in [9.17, 15) is 4.57 Å². The maximum absolute atomic E-state index is 13.8. The standard InChI is InChI=1S/C20H20NOP/c1-17-12-14-18(15-13-17)21-16-23(22,19-8-4-2-5-9-19)20-10-6-3-7-11-20/h2-15,21H,16H2,1H3. The minimum absolute atomic E-state index is 0.407. The summed E-state index contributed by atoms with van der Waals surface area (Å²) >= 11 is 0. The molecule has 0 radical (unpaired) electrons. The molecule has 0 aliphatic carbocycles. The summed E-state index contributed by atoms with van der Waals surface area (Å²) in [7, 11) is -2.71. The lowest BCUT2D eigenvalue weighted by atomic mass is 10.2. The third-order valence-corrected chi connectivity index (χ3v) is 6.77. The van der Waals surface area contributed by atoms with Gasteiger partial charge in [0.25, 0.3) is 0 Å². The van der Waals surface area contributed by atoms with Crippen LogP contribution in [0.1, 0.15) is 5.56 Å². The van der Waals surface area contributed by atoms with Crippen molar-refractivity contribution in [3.63, 3.8) is 0 Å². The van der Waals surface area contributed by atoms with Crippen LogP contribution in [0.2, 0.25) is 0 Å². The first-order valence-electron chi connectivity index (χ1n) is 7.69. The van der Waals surface area contributed by atoms with Gasteiger partial charge in [-0.15, -0.1) is 0 Å². The Bertz CT molecular complexity index is 755. The molecule has 0 saturated heterocycles. The van der Waals surface area contributed by atoms with Gasteiger partial charge in [-0.1, -0.05) is 78.4 Å². The van der Waals surface area contributed by atoms with Crippen LogP contribution < -0.4 is 15.9 Å². The highest BCUT2D eigenvalue weighted by Gasteiger charge is 2.26. The van der Waals surface area contributed by atoms with E-state index in [1.165, 1.54) is 5.56 Å². The second kappa shape index (κ2) is 6.85. The maximum Gasteiger partial charge on any atom is 0.161 e. The van der Waals surface area contributed by atoms with Crippen molar-refractivity contribution >= 4 is 23.4 Å². The molecule has 0 saturated carbocycles. The third-order valence-electron chi connectivity index (χ3n) is 3.90. The monoisotopic (exact) mass is 321 g/mol. The van der Waals surface area contributed by atoms with Crippen LogP contribution in [-0.4, -0.2) is 6.29 Å². The summed E-state index contributed by atoms with van der Waals surface area (Å²) in [6.07, 6.45) is 0.407. The van der Waals surface area contributed by atoms with Gasteiger partial charge in [0, 0.05) is 16.3 Å². The Labute approximate surface area is 137 Å².